The lowest BCUT2D eigenvalue weighted by molar-refractivity contribution is -0.409. The lowest BCUT2D eigenvalue weighted by Gasteiger charge is -2.36. The topological polar surface area (TPSA) is 36.9 Å². The molecule has 0 aromatic carbocycles. The van der Waals surface area contributed by atoms with Crippen LogP contribution in [0.1, 0.15) is 33.6 Å². The maximum atomic E-state index is 5.62. The highest BCUT2D eigenvalue weighted by Gasteiger charge is 2.44. The minimum Gasteiger partial charge on any atom is -0.370 e. The van der Waals surface area contributed by atoms with E-state index in [9.17, 15) is 0 Å². The van der Waals surface area contributed by atoms with Crippen molar-refractivity contribution in [2.75, 3.05) is 26.4 Å². The van der Waals surface area contributed by atoms with Crippen LogP contribution in [0.25, 0.3) is 0 Å². The molecule has 0 N–H and O–H groups in total. The quantitative estimate of drug-likeness (QED) is 0.612. The van der Waals surface area contributed by atoms with Crippen LogP contribution < -0.4 is 0 Å². The van der Waals surface area contributed by atoms with Gasteiger partial charge in [-0.1, -0.05) is 0 Å². The summed E-state index contributed by atoms with van der Waals surface area (Å²) in [6, 6.07) is 0. The second-order valence-corrected chi connectivity index (χ2v) is 3.40. The van der Waals surface area contributed by atoms with Crippen molar-refractivity contribution in [3.63, 3.8) is 0 Å². The molecule has 1 atom stereocenters. The second kappa shape index (κ2) is 6.43. The van der Waals surface area contributed by atoms with E-state index in [1.807, 2.05) is 20.8 Å². The average Bonchev–Trinajstić information content (AvgIpc) is 2.72. The molecule has 15 heavy (non-hydrogen) atoms. The molecule has 0 aromatic heterocycles. The van der Waals surface area contributed by atoms with Crippen molar-refractivity contribution >= 4 is 0 Å². The monoisotopic (exact) mass is 218 g/mol. The molecular formula is C11H22O4. The summed E-state index contributed by atoms with van der Waals surface area (Å²) in [5, 5.41) is 0. The van der Waals surface area contributed by atoms with Gasteiger partial charge in [0, 0.05) is 26.4 Å². The average molecular weight is 218 g/mol. The van der Waals surface area contributed by atoms with Crippen molar-refractivity contribution in [1.82, 2.24) is 0 Å². The summed E-state index contributed by atoms with van der Waals surface area (Å²) in [4.78, 5) is 0. The Hall–Kier alpha value is -0.160. The first kappa shape index (κ1) is 12.9. The van der Waals surface area contributed by atoms with Crippen molar-refractivity contribution in [3.05, 3.63) is 0 Å². The fourth-order valence-electron chi connectivity index (χ4n) is 1.86. The number of hydrogen-bond donors (Lipinski definition) is 0. The van der Waals surface area contributed by atoms with Crippen LogP contribution in [0.5, 0.6) is 0 Å². The summed E-state index contributed by atoms with van der Waals surface area (Å²) in [6.07, 6.45) is 1.87. The van der Waals surface area contributed by atoms with Gasteiger partial charge in [0.25, 0.3) is 0 Å². The molecule has 1 aliphatic rings. The molecule has 0 bridgehead atoms. The molecule has 1 rings (SSSR count). The van der Waals surface area contributed by atoms with E-state index in [-0.39, 0.29) is 6.10 Å². The van der Waals surface area contributed by atoms with Crippen LogP contribution in [0.3, 0.4) is 0 Å². The maximum Gasteiger partial charge on any atom is 0.310 e. The normalized spacial score (nSPS) is 22.2. The first-order valence-corrected chi connectivity index (χ1v) is 5.82. The largest absolute Gasteiger partial charge is 0.370 e. The molecule has 1 fully saturated rings. The van der Waals surface area contributed by atoms with Crippen molar-refractivity contribution in [1.29, 1.82) is 0 Å². The lowest BCUT2D eigenvalue weighted by atomic mass is 10.2. The van der Waals surface area contributed by atoms with Gasteiger partial charge >= 0.3 is 5.97 Å². The summed E-state index contributed by atoms with van der Waals surface area (Å²) >= 11 is 0. The van der Waals surface area contributed by atoms with Crippen LogP contribution in [-0.2, 0) is 18.9 Å². The van der Waals surface area contributed by atoms with Gasteiger partial charge < -0.3 is 18.9 Å². The van der Waals surface area contributed by atoms with E-state index in [1.54, 1.807) is 0 Å². The van der Waals surface area contributed by atoms with Crippen LogP contribution in [-0.4, -0.2) is 38.5 Å². The van der Waals surface area contributed by atoms with E-state index in [1.165, 1.54) is 0 Å². The van der Waals surface area contributed by atoms with Gasteiger partial charge in [-0.15, -0.1) is 0 Å². The van der Waals surface area contributed by atoms with Crippen molar-refractivity contribution in [2.24, 2.45) is 0 Å². The predicted molar refractivity (Wildman–Crippen MR) is 56.6 cm³/mol. The summed E-state index contributed by atoms with van der Waals surface area (Å²) in [6.45, 7) is 8.23. The first-order valence-electron chi connectivity index (χ1n) is 5.82. The Morgan fingerprint density at radius 1 is 1.07 bits per heavy atom. The molecule has 1 heterocycles. The third-order valence-corrected chi connectivity index (χ3v) is 2.36. The van der Waals surface area contributed by atoms with Gasteiger partial charge in [-0.2, -0.15) is 0 Å². The predicted octanol–water partition coefficient (Wildman–Crippen LogP) is 1.93. The summed E-state index contributed by atoms with van der Waals surface area (Å²) in [5.41, 5.74) is 0. The van der Waals surface area contributed by atoms with Gasteiger partial charge in [0.05, 0.1) is 0 Å². The van der Waals surface area contributed by atoms with E-state index in [0.29, 0.717) is 19.8 Å². The molecular weight excluding hydrogens is 196 g/mol. The SMILES string of the molecule is CCOC(OCC)(OCC)C1CCCO1. The highest BCUT2D eigenvalue weighted by molar-refractivity contribution is 4.76. The van der Waals surface area contributed by atoms with Gasteiger partial charge in [0.2, 0.25) is 0 Å². The number of ether oxygens (including phenoxy) is 4. The molecule has 0 spiro atoms. The third-order valence-electron chi connectivity index (χ3n) is 2.36. The Labute approximate surface area is 91.8 Å². The zero-order valence-corrected chi connectivity index (χ0v) is 9.95. The van der Waals surface area contributed by atoms with Crippen LogP contribution in [0.4, 0.5) is 0 Å². The van der Waals surface area contributed by atoms with E-state index in [4.69, 9.17) is 18.9 Å². The van der Waals surface area contributed by atoms with Gasteiger partial charge in [-0.3, -0.25) is 0 Å². The lowest BCUT2D eigenvalue weighted by Crippen LogP contribution is -2.49. The summed E-state index contributed by atoms with van der Waals surface area (Å²) in [5.74, 6) is -0.991. The Bertz CT molecular complexity index is 149. The van der Waals surface area contributed by atoms with E-state index in [2.05, 4.69) is 0 Å². The zero-order valence-electron chi connectivity index (χ0n) is 9.95. The zero-order chi connectivity index (χ0) is 11.1. The van der Waals surface area contributed by atoms with Crippen LogP contribution in [0.2, 0.25) is 0 Å². The van der Waals surface area contributed by atoms with Gasteiger partial charge in [0.1, 0.15) is 6.10 Å². The Balaban J connectivity index is 2.68. The highest BCUT2D eigenvalue weighted by Crippen LogP contribution is 2.30. The van der Waals surface area contributed by atoms with Crippen LogP contribution >= 0.6 is 0 Å². The standard InChI is InChI=1S/C11H22O4/c1-4-13-11(14-5-2,15-6-3)10-8-7-9-12-10/h10H,4-9H2,1-3H3. The van der Waals surface area contributed by atoms with Crippen molar-refractivity contribution in [3.8, 4) is 0 Å². The van der Waals surface area contributed by atoms with Gasteiger partial charge in [0.15, 0.2) is 0 Å². The number of hydrogen-bond acceptors (Lipinski definition) is 4. The number of rotatable bonds is 7. The van der Waals surface area contributed by atoms with E-state index >= 15 is 0 Å². The van der Waals surface area contributed by atoms with Gasteiger partial charge in [-0.05, 0) is 33.6 Å². The molecule has 0 radical (unpaired) electrons. The molecule has 1 unspecified atom stereocenters. The van der Waals surface area contributed by atoms with Crippen molar-refractivity contribution < 1.29 is 18.9 Å². The molecule has 0 aliphatic carbocycles. The Morgan fingerprint density at radius 2 is 1.60 bits per heavy atom. The fraction of sp³-hybridized carbons (Fsp3) is 1.00. The minimum absolute atomic E-state index is 0.0997. The van der Waals surface area contributed by atoms with E-state index < -0.39 is 5.97 Å². The Morgan fingerprint density at radius 3 is 1.93 bits per heavy atom. The molecule has 4 heteroatoms. The molecule has 1 saturated heterocycles. The first-order chi connectivity index (χ1) is 7.29. The second-order valence-electron chi connectivity index (χ2n) is 3.40. The third kappa shape index (κ3) is 3.14. The van der Waals surface area contributed by atoms with Crippen molar-refractivity contribution in [2.45, 2.75) is 45.7 Å². The summed E-state index contributed by atoms with van der Waals surface area (Å²) in [7, 11) is 0. The highest BCUT2D eigenvalue weighted by atomic mass is 16.9. The molecule has 90 valence electrons. The molecule has 0 aromatic rings. The van der Waals surface area contributed by atoms with Crippen LogP contribution in [0.15, 0.2) is 0 Å². The van der Waals surface area contributed by atoms with Gasteiger partial charge in [-0.25, -0.2) is 0 Å². The van der Waals surface area contributed by atoms with E-state index in [0.717, 1.165) is 19.4 Å². The minimum atomic E-state index is -0.991. The fourth-order valence-corrected chi connectivity index (χ4v) is 1.86. The maximum absolute atomic E-state index is 5.62. The molecule has 0 amide bonds. The Kier molecular flexibility index (Phi) is 5.53. The summed E-state index contributed by atoms with van der Waals surface area (Å²) < 4.78 is 22.5. The molecule has 0 saturated carbocycles. The van der Waals surface area contributed by atoms with Crippen LogP contribution in [0, 0.1) is 0 Å². The molecule has 4 nitrogen and oxygen atoms in total. The molecule has 1 aliphatic heterocycles. The smallest absolute Gasteiger partial charge is 0.310 e.